The minimum atomic E-state index is -2.80. The van der Waals surface area contributed by atoms with Gasteiger partial charge in [0.1, 0.15) is 17.7 Å². The van der Waals surface area contributed by atoms with Crippen LogP contribution in [0.5, 0.6) is 0 Å². The van der Waals surface area contributed by atoms with Gasteiger partial charge in [0.25, 0.3) is 5.92 Å². The topological polar surface area (TPSA) is 149 Å². The van der Waals surface area contributed by atoms with Gasteiger partial charge in [0.05, 0.1) is 0 Å². The molecule has 0 aliphatic heterocycles. The van der Waals surface area contributed by atoms with Crippen LogP contribution < -0.4 is 27.6 Å². The summed E-state index contributed by atoms with van der Waals surface area (Å²) in [6.45, 7) is 13.3. The number of nitrogens with one attached hydrogen (secondary N) is 3. The number of allylic oxidation sites excluding steroid dienone is 7. The van der Waals surface area contributed by atoms with Gasteiger partial charge in [-0.2, -0.15) is 0 Å². The van der Waals surface area contributed by atoms with Crippen LogP contribution in [0.3, 0.4) is 0 Å². The highest BCUT2D eigenvalue weighted by atomic mass is 19.3. The molecule has 0 aromatic heterocycles. The number of alkyl halides is 2. The largest absolute Gasteiger partial charge is 0.471 e. The van der Waals surface area contributed by atoms with Gasteiger partial charge < -0.3 is 21.1 Å². The van der Waals surface area contributed by atoms with Crippen LogP contribution in [0.2, 0.25) is 0 Å². The van der Waals surface area contributed by atoms with Gasteiger partial charge in [0.15, 0.2) is 5.88 Å². The molecule has 2 rings (SSSR count). The molecule has 1 aromatic rings. The van der Waals surface area contributed by atoms with Gasteiger partial charge in [-0.1, -0.05) is 50.3 Å². The molecule has 0 bridgehead atoms. The normalized spacial score (nSPS) is 17.9. The third-order valence-corrected chi connectivity index (χ3v) is 6.48. The zero-order valence-corrected chi connectivity index (χ0v) is 26.0. The van der Waals surface area contributed by atoms with Gasteiger partial charge in [0, 0.05) is 17.8 Å². The molecule has 1 fully saturated rings. The molecule has 1 aliphatic carbocycles. The van der Waals surface area contributed by atoms with E-state index in [4.69, 9.17) is 10.5 Å². The lowest BCUT2D eigenvalue weighted by Crippen LogP contribution is -2.32. The Bertz CT molecular complexity index is 1290. The molecule has 1 saturated carbocycles. The minimum Gasteiger partial charge on any atom is -0.471 e. The van der Waals surface area contributed by atoms with Crippen molar-refractivity contribution < 1.29 is 27.9 Å². The average Bonchev–Trinajstić information content (AvgIpc) is 3.61. The van der Waals surface area contributed by atoms with Crippen LogP contribution in [-0.4, -0.2) is 24.0 Å². The third kappa shape index (κ3) is 11.9. The number of amides is 2. The first-order chi connectivity index (χ1) is 20.2. The number of hydrogen-bond acceptors (Lipinski definition) is 7. The molecule has 43 heavy (non-hydrogen) atoms. The molecule has 236 valence electrons. The highest BCUT2D eigenvalue weighted by molar-refractivity contribution is 6.08. The van der Waals surface area contributed by atoms with Crippen LogP contribution in [0.4, 0.5) is 8.78 Å². The van der Waals surface area contributed by atoms with Crippen molar-refractivity contribution >= 4 is 18.1 Å². The van der Waals surface area contributed by atoms with Gasteiger partial charge in [0.2, 0.25) is 18.1 Å². The Hall–Kier alpha value is -4.25. The number of halogens is 2. The Morgan fingerprint density at radius 2 is 1.70 bits per heavy atom. The van der Waals surface area contributed by atoms with Crippen LogP contribution in [0, 0.1) is 12.8 Å². The Morgan fingerprint density at radius 1 is 1.09 bits per heavy atom. The molecule has 0 saturated heterocycles. The van der Waals surface area contributed by atoms with E-state index in [2.05, 4.69) is 16.5 Å². The summed E-state index contributed by atoms with van der Waals surface area (Å²) in [5, 5.41) is 5.79. The van der Waals surface area contributed by atoms with Crippen molar-refractivity contribution in [2.75, 3.05) is 0 Å². The number of ketones is 1. The van der Waals surface area contributed by atoms with Crippen molar-refractivity contribution in [2.45, 2.75) is 79.8 Å². The number of benzene rings is 1. The Kier molecular flexibility index (Phi) is 15.1. The fourth-order valence-electron chi connectivity index (χ4n) is 3.92. The second-order valence-electron chi connectivity index (χ2n) is 10.1. The van der Waals surface area contributed by atoms with Crippen molar-refractivity contribution in [3.05, 3.63) is 93.8 Å². The highest BCUT2D eigenvalue weighted by Crippen LogP contribution is 2.48. The zero-order valence-electron chi connectivity index (χ0n) is 26.0. The summed E-state index contributed by atoms with van der Waals surface area (Å²) in [6, 6.07) is 8.03. The van der Waals surface area contributed by atoms with Crippen molar-refractivity contribution in [1.82, 2.24) is 16.1 Å². The molecule has 11 heteroatoms. The molecule has 0 spiro atoms. The van der Waals surface area contributed by atoms with E-state index >= 15 is 0 Å². The quantitative estimate of drug-likeness (QED) is 0.0373. The Morgan fingerprint density at radius 3 is 2.16 bits per heavy atom. The molecule has 1 aliphatic rings. The summed E-state index contributed by atoms with van der Waals surface area (Å²) in [7, 11) is 0. The van der Waals surface area contributed by atoms with Gasteiger partial charge in [-0.05, 0) is 81.9 Å². The first-order valence-corrected chi connectivity index (χ1v) is 14.1. The van der Waals surface area contributed by atoms with E-state index in [9.17, 15) is 23.2 Å². The second kappa shape index (κ2) is 17.6. The Labute approximate surface area is 253 Å². The average molecular weight is 602 g/mol. The minimum absolute atomic E-state index is 0.217. The summed E-state index contributed by atoms with van der Waals surface area (Å²) >= 11 is 0. The fourth-order valence-corrected chi connectivity index (χ4v) is 3.92. The number of carbonyl (C=O) groups excluding carboxylic acids is 3. The maximum Gasteiger partial charge on any atom is 0.260 e. The Balaban J connectivity index is 0.000000869. The SMILES string of the molecule is CC/C=C(\N/C(C(=O)/C(C)=C/C=C(NC=O)\C(C)=C\CC)=C(\C)N)OC(C)c1ccccc1C.NNC(=O)C1CC1(F)F. The number of rotatable bonds is 14. The number of hydrogen-bond donors (Lipinski definition) is 5. The van der Waals surface area contributed by atoms with E-state index in [-0.39, 0.29) is 24.0 Å². The van der Waals surface area contributed by atoms with Gasteiger partial charge in [-0.3, -0.25) is 19.8 Å². The number of hydrazine groups is 1. The van der Waals surface area contributed by atoms with Crippen molar-refractivity contribution in [3.8, 4) is 0 Å². The number of ether oxygens (including phenoxy) is 1. The summed E-state index contributed by atoms with van der Waals surface area (Å²) < 4.78 is 30.0. The number of carbonyl (C=O) groups is 3. The second-order valence-corrected chi connectivity index (χ2v) is 10.1. The van der Waals surface area contributed by atoms with E-state index in [1.165, 1.54) is 0 Å². The summed E-state index contributed by atoms with van der Waals surface area (Å²) in [5.41, 5.74) is 12.6. The van der Waals surface area contributed by atoms with E-state index < -0.39 is 17.7 Å². The molecular weight excluding hydrogens is 556 g/mol. The van der Waals surface area contributed by atoms with Crippen LogP contribution >= 0.6 is 0 Å². The molecule has 9 nitrogen and oxygen atoms in total. The summed E-state index contributed by atoms with van der Waals surface area (Å²) in [5.74, 6) is 0.0586. The summed E-state index contributed by atoms with van der Waals surface area (Å²) in [6.07, 6.45) is 8.86. The van der Waals surface area contributed by atoms with Crippen LogP contribution in [0.25, 0.3) is 0 Å². The smallest absolute Gasteiger partial charge is 0.260 e. The number of aryl methyl sites for hydroxylation is 1. The molecular formula is C32H45F2N5O4. The lowest BCUT2D eigenvalue weighted by Gasteiger charge is -2.22. The monoisotopic (exact) mass is 601 g/mol. The number of Topliss-reactive ketones (excluding diaryl/α,β-unsaturated/α-hetero) is 1. The van der Waals surface area contributed by atoms with Crippen molar-refractivity contribution in [2.24, 2.45) is 17.5 Å². The zero-order chi connectivity index (χ0) is 32.7. The lowest BCUT2D eigenvalue weighted by atomic mass is 10.0. The third-order valence-electron chi connectivity index (χ3n) is 6.48. The molecule has 2 atom stereocenters. The van der Waals surface area contributed by atoms with E-state index in [1.807, 2.05) is 71.0 Å². The van der Waals surface area contributed by atoms with E-state index in [0.29, 0.717) is 29.3 Å². The predicted octanol–water partition coefficient (Wildman–Crippen LogP) is 5.24. The molecule has 2 amide bonds. The lowest BCUT2D eigenvalue weighted by molar-refractivity contribution is -0.124. The van der Waals surface area contributed by atoms with Gasteiger partial charge in [-0.15, -0.1) is 0 Å². The van der Waals surface area contributed by atoms with Crippen LogP contribution in [0.15, 0.2) is 82.7 Å². The molecule has 2 unspecified atom stereocenters. The molecule has 0 heterocycles. The van der Waals surface area contributed by atoms with Crippen molar-refractivity contribution in [3.63, 3.8) is 0 Å². The van der Waals surface area contributed by atoms with Crippen molar-refractivity contribution in [1.29, 1.82) is 0 Å². The predicted molar refractivity (Wildman–Crippen MR) is 165 cm³/mol. The molecule has 0 radical (unpaired) electrons. The standard InChI is InChI=1S/C28H39N3O3.C4H6F2N2O/c1-8-12-20(4)25(30-18-32)17-16-21(5)28(33)27(22(6)29)31-26(13-9-2)34-23(7)24-15-11-10-14-19(24)3;5-4(6)1-2(4)3(9)8-7/h10-18,23,31H,8-9,29H2,1-7H3,(H,30,32);2H,1,7H2,(H,8,9)/b20-12+,21-16+,25-17+,26-13+,27-22+;. The maximum atomic E-state index is 13.2. The van der Waals surface area contributed by atoms with Crippen LogP contribution in [-0.2, 0) is 19.1 Å². The summed E-state index contributed by atoms with van der Waals surface area (Å²) in [4.78, 5) is 34.5. The fraction of sp³-hybridized carbons (Fsp3) is 0.406. The molecule has 1 aromatic carbocycles. The number of nitrogens with two attached hydrogens (primary N) is 2. The van der Waals surface area contributed by atoms with Gasteiger partial charge in [-0.25, -0.2) is 14.6 Å². The highest BCUT2D eigenvalue weighted by Gasteiger charge is 2.61. The van der Waals surface area contributed by atoms with E-state index in [0.717, 1.165) is 29.5 Å². The van der Waals surface area contributed by atoms with Gasteiger partial charge >= 0.3 is 0 Å². The first-order valence-electron chi connectivity index (χ1n) is 14.1. The molecule has 7 N–H and O–H groups in total. The first kappa shape index (κ1) is 36.8. The van der Waals surface area contributed by atoms with Crippen LogP contribution in [0.1, 0.15) is 78.0 Å². The maximum absolute atomic E-state index is 13.2. The van der Waals surface area contributed by atoms with E-state index in [1.54, 1.807) is 31.4 Å².